The molecule has 0 radical (unpaired) electrons. The quantitative estimate of drug-likeness (QED) is 0.619. The van der Waals surface area contributed by atoms with E-state index in [1.54, 1.807) is 6.92 Å². The van der Waals surface area contributed by atoms with Crippen molar-refractivity contribution < 1.29 is 14.6 Å². The van der Waals surface area contributed by atoms with Gasteiger partial charge in [0, 0.05) is 25.1 Å². The molecular weight excluding hydrogens is 194 g/mol. The van der Waals surface area contributed by atoms with Crippen molar-refractivity contribution >= 4 is 5.97 Å². The van der Waals surface area contributed by atoms with Gasteiger partial charge in [-0.3, -0.25) is 4.79 Å². The first-order chi connectivity index (χ1) is 6.93. The molecule has 0 aliphatic rings. The van der Waals surface area contributed by atoms with E-state index < -0.39 is 0 Å². The number of hydrogen-bond donors (Lipinski definition) is 2. The minimum Gasteiger partial charge on any atom is -0.466 e. The smallest absolute Gasteiger partial charge is 0.309 e. The highest BCUT2D eigenvalue weighted by Crippen LogP contribution is 2.11. The Kier molecular flexibility index (Phi) is 6.52. The van der Waals surface area contributed by atoms with Crippen molar-refractivity contribution in [3.05, 3.63) is 0 Å². The minimum absolute atomic E-state index is 0.133. The summed E-state index contributed by atoms with van der Waals surface area (Å²) in [6, 6.07) is 0. The zero-order valence-electron chi connectivity index (χ0n) is 10.2. The van der Waals surface area contributed by atoms with E-state index in [-0.39, 0.29) is 23.9 Å². The van der Waals surface area contributed by atoms with Crippen molar-refractivity contribution in [1.82, 2.24) is 5.32 Å². The lowest BCUT2D eigenvalue weighted by atomic mass is 9.95. The van der Waals surface area contributed by atoms with Crippen LogP contribution in [0.25, 0.3) is 0 Å². The third kappa shape index (κ3) is 6.47. The summed E-state index contributed by atoms with van der Waals surface area (Å²) in [4.78, 5) is 11.3. The second kappa shape index (κ2) is 6.80. The molecule has 2 N–H and O–H groups in total. The molecule has 0 heterocycles. The monoisotopic (exact) mass is 217 g/mol. The topological polar surface area (TPSA) is 58.6 Å². The van der Waals surface area contributed by atoms with Crippen LogP contribution in [0.15, 0.2) is 0 Å². The Morgan fingerprint density at radius 1 is 1.53 bits per heavy atom. The van der Waals surface area contributed by atoms with Crippen LogP contribution in [-0.2, 0) is 9.53 Å². The van der Waals surface area contributed by atoms with Crippen molar-refractivity contribution in [3.63, 3.8) is 0 Å². The van der Waals surface area contributed by atoms with Gasteiger partial charge < -0.3 is 15.2 Å². The van der Waals surface area contributed by atoms with Crippen molar-refractivity contribution in [2.45, 2.75) is 27.7 Å². The highest BCUT2D eigenvalue weighted by Gasteiger charge is 2.18. The Labute approximate surface area is 92.0 Å². The lowest BCUT2D eigenvalue weighted by Crippen LogP contribution is -2.36. The molecular formula is C11H23NO3. The maximum atomic E-state index is 11.3. The van der Waals surface area contributed by atoms with E-state index in [4.69, 9.17) is 9.84 Å². The number of carbonyl (C=O) groups is 1. The van der Waals surface area contributed by atoms with Gasteiger partial charge in [-0.2, -0.15) is 0 Å². The molecule has 1 unspecified atom stereocenters. The van der Waals surface area contributed by atoms with Crippen LogP contribution in [0.5, 0.6) is 0 Å². The van der Waals surface area contributed by atoms with E-state index in [9.17, 15) is 4.79 Å². The average molecular weight is 217 g/mol. The van der Waals surface area contributed by atoms with Gasteiger partial charge in [-0.05, 0) is 6.92 Å². The van der Waals surface area contributed by atoms with Gasteiger partial charge in [0.1, 0.15) is 0 Å². The highest BCUT2D eigenvalue weighted by atomic mass is 16.5. The summed E-state index contributed by atoms with van der Waals surface area (Å²) >= 11 is 0. The van der Waals surface area contributed by atoms with E-state index >= 15 is 0 Å². The molecule has 4 heteroatoms. The first-order valence-electron chi connectivity index (χ1n) is 5.41. The third-order valence-electron chi connectivity index (χ3n) is 2.17. The number of carbonyl (C=O) groups excluding carboxylic acids is 1. The largest absolute Gasteiger partial charge is 0.466 e. The van der Waals surface area contributed by atoms with Gasteiger partial charge in [-0.25, -0.2) is 0 Å². The van der Waals surface area contributed by atoms with E-state index in [1.807, 2.05) is 20.8 Å². The number of aliphatic hydroxyl groups excluding tert-OH is 1. The van der Waals surface area contributed by atoms with Gasteiger partial charge in [0.05, 0.1) is 12.5 Å². The van der Waals surface area contributed by atoms with Crippen molar-refractivity contribution in [2.75, 3.05) is 26.3 Å². The summed E-state index contributed by atoms with van der Waals surface area (Å²) in [6.45, 7) is 9.39. The third-order valence-corrected chi connectivity index (χ3v) is 2.17. The number of aliphatic hydroxyl groups is 1. The molecule has 0 spiro atoms. The molecule has 1 atom stereocenters. The molecule has 0 amide bonds. The summed E-state index contributed by atoms with van der Waals surface area (Å²) in [5, 5.41) is 12.2. The Hall–Kier alpha value is -0.610. The Balaban J connectivity index is 3.72. The molecule has 0 aromatic rings. The fourth-order valence-electron chi connectivity index (χ4n) is 1.05. The van der Waals surface area contributed by atoms with Gasteiger partial charge in [0.25, 0.3) is 0 Å². The summed E-state index contributed by atoms with van der Waals surface area (Å²) in [5.74, 6) is -0.314. The SMILES string of the molecule is CCOC(=O)C(C)CNCC(C)(C)CO. The lowest BCUT2D eigenvalue weighted by molar-refractivity contribution is -0.147. The second-order valence-corrected chi connectivity index (χ2v) is 4.61. The first-order valence-corrected chi connectivity index (χ1v) is 5.41. The molecule has 0 aromatic heterocycles. The molecule has 0 aliphatic carbocycles. The number of esters is 1. The van der Waals surface area contributed by atoms with E-state index in [0.717, 1.165) is 0 Å². The van der Waals surface area contributed by atoms with Crippen LogP contribution in [-0.4, -0.2) is 37.4 Å². The molecule has 0 aliphatic heterocycles. The number of nitrogens with one attached hydrogen (secondary N) is 1. The van der Waals surface area contributed by atoms with Crippen LogP contribution in [0.4, 0.5) is 0 Å². The highest BCUT2D eigenvalue weighted by molar-refractivity contribution is 5.72. The van der Waals surface area contributed by atoms with E-state index in [0.29, 0.717) is 19.7 Å². The molecule has 0 fully saturated rings. The maximum absolute atomic E-state index is 11.3. The minimum atomic E-state index is -0.174. The van der Waals surface area contributed by atoms with Crippen LogP contribution in [0.1, 0.15) is 27.7 Å². The fraction of sp³-hybridized carbons (Fsp3) is 0.909. The molecule has 0 bridgehead atoms. The summed E-state index contributed by atoms with van der Waals surface area (Å²) < 4.78 is 4.88. The zero-order chi connectivity index (χ0) is 11.9. The molecule has 90 valence electrons. The first kappa shape index (κ1) is 14.4. The fourth-order valence-corrected chi connectivity index (χ4v) is 1.05. The Bertz CT molecular complexity index is 192. The molecule has 0 aromatic carbocycles. The van der Waals surface area contributed by atoms with E-state index in [1.165, 1.54) is 0 Å². The molecule has 0 saturated heterocycles. The standard InChI is InChI=1S/C11H23NO3/c1-5-15-10(14)9(2)6-12-7-11(3,4)8-13/h9,12-13H,5-8H2,1-4H3. The summed E-state index contributed by atoms with van der Waals surface area (Å²) in [5.41, 5.74) is -0.144. The summed E-state index contributed by atoms with van der Waals surface area (Å²) in [7, 11) is 0. The Morgan fingerprint density at radius 3 is 2.60 bits per heavy atom. The molecule has 0 saturated carbocycles. The number of ether oxygens (including phenoxy) is 1. The van der Waals surface area contributed by atoms with Gasteiger partial charge in [-0.1, -0.05) is 20.8 Å². The van der Waals surface area contributed by atoms with Crippen LogP contribution in [0, 0.1) is 11.3 Å². The van der Waals surface area contributed by atoms with Crippen LogP contribution < -0.4 is 5.32 Å². The van der Waals surface area contributed by atoms with Crippen molar-refractivity contribution in [2.24, 2.45) is 11.3 Å². The van der Waals surface area contributed by atoms with Gasteiger partial charge in [0.2, 0.25) is 0 Å². The average Bonchev–Trinajstić information content (AvgIpc) is 2.18. The van der Waals surface area contributed by atoms with E-state index in [2.05, 4.69) is 5.32 Å². The van der Waals surface area contributed by atoms with Gasteiger partial charge in [0.15, 0.2) is 0 Å². The van der Waals surface area contributed by atoms with Crippen LogP contribution >= 0.6 is 0 Å². The van der Waals surface area contributed by atoms with Gasteiger partial charge >= 0.3 is 5.97 Å². The second-order valence-electron chi connectivity index (χ2n) is 4.61. The predicted octanol–water partition coefficient (Wildman–Crippen LogP) is 0.794. The Morgan fingerprint density at radius 2 is 2.13 bits per heavy atom. The predicted molar refractivity (Wildman–Crippen MR) is 59.5 cm³/mol. The number of hydrogen-bond acceptors (Lipinski definition) is 4. The van der Waals surface area contributed by atoms with Crippen molar-refractivity contribution in [1.29, 1.82) is 0 Å². The number of rotatable bonds is 7. The molecule has 15 heavy (non-hydrogen) atoms. The molecule has 4 nitrogen and oxygen atoms in total. The normalized spacial score (nSPS) is 13.7. The summed E-state index contributed by atoms with van der Waals surface area (Å²) in [6.07, 6.45) is 0. The van der Waals surface area contributed by atoms with Crippen LogP contribution in [0.3, 0.4) is 0 Å². The van der Waals surface area contributed by atoms with Gasteiger partial charge in [-0.15, -0.1) is 0 Å². The molecule has 0 rings (SSSR count). The maximum Gasteiger partial charge on any atom is 0.309 e. The van der Waals surface area contributed by atoms with Crippen molar-refractivity contribution in [3.8, 4) is 0 Å². The van der Waals surface area contributed by atoms with Crippen LogP contribution in [0.2, 0.25) is 0 Å². The zero-order valence-corrected chi connectivity index (χ0v) is 10.2. The lowest BCUT2D eigenvalue weighted by Gasteiger charge is -2.22.